The van der Waals surface area contributed by atoms with Crippen molar-refractivity contribution in [3.05, 3.63) is 35.4 Å². The summed E-state index contributed by atoms with van der Waals surface area (Å²) in [5.74, 6) is 1.95. The predicted octanol–water partition coefficient (Wildman–Crippen LogP) is 4.67. The lowest BCUT2D eigenvalue weighted by Gasteiger charge is -2.29. The maximum atomic E-state index is 6.59. The van der Waals surface area contributed by atoms with Gasteiger partial charge in [-0.25, -0.2) is 0 Å². The highest BCUT2D eigenvalue weighted by molar-refractivity contribution is 7.98. The second kappa shape index (κ2) is 5.97. The van der Waals surface area contributed by atoms with Gasteiger partial charge in [-0.05, 0) is 54.7 Å². The van der Waals surface area contributed by atoms with E-state index in [2.05, 4.69) is 30.5 Å². The summed E-state index contributed by atoms with van der Waals surface area (Å²) in [6.07, 6.45) is 7.23. The minimum atomic E-state index is 0.242. The zero-order valence-electron chi connectivity index (χ0n) is 9.79. The molecule has 0 nitrogen and oxygen atoms in total. The molecular weight excluding hydrogens is 236 g/mol. The summed E-state index contributed by atoms with van der Waals surface area (Å²) in [5, 5.41) is 0.242. The van der Waals surface area contributed by atoms with Gasteiger partial charge in [-0.2, -0.15) is 11.8 Å². The van der Waals surface area contributed by atoms with Crippen molar-refractivity contribution >= 4 is 23.4 Å². The molecule has 0 saturated carbocycles. The highest BCUT2D eigenvalue weighted by atomic mass is 35.5. The molecule has 0 aliphatic heterocycles. The first kappa shape index (κ1) is 12.3. The number of aryl methyl sites for hydroxylation is 1. The average Bonchev–Trinajstić information content (AvgIpc) is 2.33. The number of hydrogen-bond acceptors (Lipinski definition) is 1. The molecule has 0 aromatic heterocycles. The molecule has 16 heavy (non-hydrogen) atoms. The van der Waals surface area contributed by atoms with Crippen molar-refractivity contribution in [2.45, 2.75) is 31.1 Å². The monoisotopic (exact) mass is 254 g/mol. The number of halogens is 1. The van der Waals surface area contributed by atoms with Crippen LogP contribution in [0.2, 0.25) is 0 Å². The van der Waals surface area contributed by atoms with Gasteiger partial charge in [0.2, 0.25) is 0 Å². The lowest BCUT2D eigenvalue weighted by molar-refractivity contribution is 0.412. The Kier molecular flexibility index (Phi) is 4.60. The summed E-state index contributed by atoms with van der Waals surface area (Å²) in [5.41, 5.74) is 2.84. The highest BCUT2D eigenvalue weighted by Crippen LogP contribution is 2.41. The van der Waals surface area contributed by atoms with Crippen LogP contribution in [0.1, 0.15) is 35.8 Å². The van der Waals surface area contributed by atoms with Crippen LogP contribution in [-0.2, 0) is 6.42 Å². The van der Waals surface area contributed by atoms with E-state index in [4.69, 9.17) is 11.6 Å². The Morgan fingerprint density at radius 1 is 1.38 bits per heavy atom. The third-order valence-electron chi connectivity index (χ3n) is 3.47. The van der Waals surface area contributed by atoms with E-state index in [1.807, 2.05) is 11.8 Å². The zero-order chi connectivity index (χ0) is 11.4. The number of thioether (sulfide) groups is 1. The molecule has 0 bridgehead atoms. The molecule has 2 rings (SSSR count). The van der Waals surface area contributed by atoms with Gasteiger partial charge < -0.3 is 0 Å². The van der Waals surface area contributed by atoms with Gasteiger partial charge >= 0.3 is 0 Å². The van der Waals surface area contributed by atoms with Crippen LogP contribution in [0.15, 0.2) is 24.3 Å². The van der Waals surface area contributed by atoms with Gasteiger partial charge in [-0.3, -0.25) is 0 Å². The first-order valence-electron chi connectivity index (χ1n) is 6.03. The van der Waals surface area contributed by atoms with Gasteiger partial charge in [-0.1, -0.05) is 24.3 Å². The summed E-state index contributed by atoms with van der Waals surface area (Å²) in [6, 6.07) is 8.66. The normalized spacial score (nSPS) is 24.1. The van der Waals surface area contributed by atoms with Crippen molar-refractivity contribution in [2.75, 3.05) is 12.0 Å². The fourth-order valence-electron chi connectivity index (χ4n) is 2.55. The first-order valence-corrected chi connectivity index (χ1v) is 7.86. The number of hydrogen-bond donors (Lipinski definition) is 0. The maximum Gasteiger partial charge on any atom is 0.0616 e. The quantitative estimate of drug-likeness (QED) is 0.556. The van der Waals surface area contributed by atoms with Gasteiger partial charge in [0.1, 0.15) is 0 Å². The Morgan fingerprint density at radius 2 is 2.19 bits per heavy atom. The molecular formula is C14H19ClS. The van der Waals surface area contributed by atoms with Crippen LogP contribution >= 0.6 is 23.4 Å². The molecule has 0 radical (unpaired) electrons. The summed E-state index contributed by atoms with van der Waals surface area (Å²) in [7, 11) is 0. The molecule has 0 fully saturated rings. The third-order valence-corrected chi connectivity index (χ3v) is 4.76. The van der Waals surface area contributed by atoms with E-state index < -0.39 is 0 Å². The summed E-state index contributed by atoms with van der Waals surface area (Å²) < 4.78 is 0. The lowest BCUT2D eigenvalue weighted by Crippen LogP contribution is -2.17. The van der Waals surface area contributed by atoms with Gasteiger partial charge in [0.25, 0.3) is 0 Å². The third kappa shape index (κ3) is 2.75. The van der Waals surface area contributed by atoms with Crippen LogP contribution in [0.25, 0.3) is 0 Å². The molecule has 2 atom stereocenters. The molecule has 1 aromatic rings. The lowest BCUT2D eigenvalue weighted by atomic mass is 9.81. The Hall–Kier alpha value is -0.140. The van der Waals surface area contributed by atoms with Gasteiger partial charge in [-0.15, -0.1) is 11.6 Å². The standard InChI is InChI=1S/C14H19ClS/c1-16-10-4-6-12-9-8-11-5-2-3-7-13(11)14(12)15/h2-3,5,7,12,14H,4,6,8-10H2,1H3. The summed E-state index contributed by atoms with van der Waals surface area (Å²) >= 11 is 8.52. The zero-order valence-corrected chi connectivity index (χ0v) is 11.4. The van der Waals surface area contributed by atoms with Crippen LogP contribution in [0.4, 0.5) is 0 Å². The topological polar surface area (TPSA) is 0 Å². The Bertz CT molecular complexity index is 337. The Morgan fingerprint density at radius 3 is 3.00 bits per heavy atom. The minimum Gasteiger partial charge on any atom is -0.165 e. The SMILES string of the molecule is CSCCCC1CCc2ccccc2C1Cl. The number of alkyl halides is 1. The molecule has 0 spiro atoms. The average molecular weight is 255 g/mol. The maximum absolute atomic E-state index is 6.59. The number of fused-ring (bicyclic) bond motifs is 1. The molecule has 2 unspecified atom stereocenters. The molecule has 1 aliphatic carbocycles. The van der Waals surface area contributed by atoms with E-state index in [9.17, 15) is 0 Å². The van der Waals surface area contributed by atoms with Crippen molar-refractivity contribution in [3.63, 3.8) is 0 Å². The van der Waals surface area contributed by atoms with Gasteiger partial charge in [0.05, 0.1) is 5.38 Å². The van der Waals surface area contributed by atoms with Crippen LogP contribution < -0.4 is 0 Å². The van der Waals surface area contributed by atoms with Crippen molar-refractivity contribution in [3.8, 4) is 0 Å². The molecule has 0 saturated heterocycles. The smallest absolute Gasteiger partial charge is 0.0616 e. The van der Waals surface area contributed by atoms with Gasteiger partial charge in [0, 0.05) is 0 Å². The van der Waals surface area contributed by atoms with Crippen LogP contribution in [-0.4, -0.2) is 12.0 Å². The van der Waals surface area contributed by atoms with Crippen LogP contribution in [0.5, 0.6) is 0 Å². The fraction of sp³-hybridized carbons (Fsp3) is 0.571. The van der Waals surface area contributed by atoms with E-state index in [-0.39, 0.29) is 5.38 Å². The molecule has 88 valence electrons. The van der Waals surface area contributed by atoms with Crippen molar-refractivity contribution in [1.82, 2.24) is 0 Å². The van der Waals surface area contributed by atoms with Crippen molar-refractivity contribution < 1.29 is 0 Å². The second-order valence-electron chi connectivity index (χ2n) is 4.53. The van der Waals surface area contributed by atoms with E-state index >= 15 is 0 Å². The van der Waals surface area contributed by atoms with Gasteiger partial charge in [0.15, 0.2) is 0 Å². The molecule has 2 heteroatoms. The molecule has 0 amide bonds. The number of benzene rings is 1. The van der Waals surface area contributed by atoms with E-state index in [0.717, 1.165) is 0 Å². The van der Waals surface area contributed by atoms with E-state index in [1.54, 1.807) is 0 Å². The molecule has 0 N–H and O–H groups in total. The second-order valence-corrected chi connectivity index (χ2v) is 5.99. The van der Waals surface area contributed by atoms with Crippen LogP contribution in [0, 0.1) is 5.92 Å². The number of rotatable bonds is 4. The summed E-state index contributed by atoms with van der Waals surface area (Å²) in [4.78, 5) is 0. The summed E-state index contributed by atoms with van der Waals surface area (Å²) in [6.45, 7) is 0. The molecule has 1 aromatic carbocycles. The predicted molar refractivity (Wildman–Crippen MR) is 74.5 cm³/mol. The van der Waals surface area contributed by atoms with Crippen molar-refractivity contribution in [2.24, 2.45) is 5.92 Å². The van der Waals surface area contributed by atoms with Crippen LogP contribution in [0.3, 0.4) is 0 Å². The van der Waals surface area contributed by atoms with E-state index in [1.165, 1.54) is 42.6 Å². The molecule has 0 heterocycles. The minimum absolute atomic E-state index is 0.242. The fourth-order valence-corrected chi connectivity index (χ4v) is 3.47. The Labute approximate surface area is 108 Å². The van der Waals surface area contributed by atoms with E-state index in [0.29, 0.717) is 5.92 Å². The largest absolute Gasteiger partial charge is 0.165 e. The first-order chi connectivity index (χ1) is 7.83. The highest BCUT2D eigenvalue weighted by Gasteiger charge is 2.26. The van der Waals surface area contributed by atoms with Crippen molar-refractivity contribution in [1.29, 1.82) is 0 Å². The Balaban J connectivity index is 2.00. The molecule has 1 aliphatic rings.